The fourth-order valence-corrected chi connectivity index (χ4v) is 17.2. The van der Waals surface area contributed by atoms with Gasteiger partial charge in [-0.15, -0.1) is 12.4 Å². The molecule has 662 valence electrons. The first-order valence-electron chi connectivity index (χ1n) is 41.5. The first kappa shape index (κ1) is 93.7. The van der Waals surface area contributed by atoms with Crippen LogP contribution in [0.3, 0.4) is 0 Å². The predicted octanol–water partition coefficient (Wildman–Crippen LogP) is 21.5. The van der Waals surface area contributed by atoms with Gasteiger partial charge in [0, 0.05) is 121 Å². The molecule has 4 aliphatic rings. The summed E-state index contributed by atoms with van der Waals surface area (Å²) in [6, 6.07) is 31.0. The number of benzene rings is 6. The highest BCUT2D eigenvalue weighted by atomic mass is 79.9. The Morgan fingerprint density at radius 2 is 0.905 bits per heavy atom. The summed E-state index contributed by atoms with van der Waals surface area (Å²) in [6.07, 6.45) is 6.91. The van der Waals surface area contributed by atoms with Gasteiger partial charge in [-0.3, -0.25) is 15.3 Å². The summed E-state index contributed by atoms with van der Waals surface area (Å²) in [5, 5.41) is 44.7. The van der Waals surface area contributed by atoms with Crippen LogP contribution in [0.2, 0.25) is 20.4 Å². The van der Waals surface area contributed by atoms with Crippen molar-refractivity contribution in [2.45, 2.75) is 197 Å². The van der Waals surface area contributed by atoms with Gasteiger partial charge in [0.15, 0.2) is 0 Å². The molecule has 23 nitrogen and oxygen atoms in total. The highest BCUT2D eigenvalue weighted by molar-refractivity contribution is 9.10. The van der Waals surface area contributed by atoms with E-state index < -0.39 is 36.2 Å². The number of rotatable bonds is 13. The number of carbonyl (C=O) groups is 1. The number of nitrogens with zero attached hydrogens (tertiary/aromatic N) is 15. The molecule has 0 saturated carbocycles. The van der Waals surface area contributed by atoms with Gasteiger partial charge in [-0.25, -0.2) is 38.8 Å². The molecule has 1 saturated heterocycles. The fraction of sp³-hybridized carbons (Fsp3) is 0.367. The molecule has 4 aliphatic heterocycles. The Hall–Kier alpha value is -9.96. The molecule has 0 unspecified atom stereocenters. The smallest absolute Gasteiger partial charge is 0.444 e. The molecule has 14 aromatic rings. The second-order valence-corrected chi connectivity index (χ2v) is 34.9. The number of anilines is 1. The predicted molar refractivity (Wildman–Crippen MR) is 489 cm³/mol. The maximum atomic E-state index is 13.1. The topological polar surface area (TPSA) is 254 Å². The van der Waals surface area contributed by atoms with Crippen molar-refractivity contribution in [1.29, 1.82) is 0 Å². The van der Waals surface area contributed by atoms with Gasteiger partial charge < -0.3 is 29.2 Å². The quantitative estimate of drug-likeness (QED) is 0.0475. The number of halogens is 12. The van der Waals surface area contributed by atoms with E-state index in [0.29, 0.717) is 60.1 Å². The van der Waals surface area contributed by atoms with Gasteiger partial charge in [0.25, 0.3) is 0 Å². The van der Waals surface area contributed by atoms with Crippen LogP contribution in [0.25, 0.3) is 72.3 Å². The van der Waals surface area contributed by atoms with Crippen molar-refractivity contribution >= 4 is 132 Å². The fourth-order valence-electron chi connectivity index (χ4n) is 15.9. The molecule has 4 N–H and O–H groups in total. The number of aryl methyl sites for hydroxylation is 6. The average molecular weight is 1890 g/mol. The molecule has 6 aromatic carbocycles. The van der Waals surface area contributed by atoms with E-state index >= 15 is 0 Å². The molecule has 1 amide bonds. The van der Waals surface area contributed by atoms with Crippen molar-refractivity contribution in [3.8, 4) is 39.6 Å². The van der Waals surface area contributed by atoms with Crippen LogP contribution >= 0.6 is 74.7 Å². The van der Waals surface area contributed by atoms with Gasteiger partial charge >= 0.3 is 25.6 Å². The van der Waals surface area contributed by atoms with E-state index in [-0.39, 0.29) is 40.9 Å². The van der Waals surface area contributed by atoms with Crippen LogP contribution in [-0.4, -0.2) is 134 Å². The minimum absolute atomic E-state index is 0. The van der Waals surface area contributed by atoms with E-state index in [1.807, 2.05) is 99.3 Å². The standard InChI is InChI=1S/C28H25ClF3N7.C23H24ClN5.C21H28BrN3O2.C13H16BClN2O2.C5H2ClF3N2.ClH/c1-3-16-6-5-7-17(4-2)25(16)39-26(19-8-9-22(29)24-20(19)14-35-36-24)21-15-38(11-10-23(21)37-39)27-33-12-18(13-34-27)28(30,31)32;1-3-14-6-5-7-15(4-2)22(14)29-23(18-12-25-11-10-20(18)28-29)16-8-9-19(24)21-17(16)13-26-27-21;1-6-14-9-8-10-15(7-2)18(14)25-19(22)16-13-24(12-11-17(16)23-25)20(26)27-21(3,4)5;1-12(2)13(3,4)19-14(18-12)9-5-6-10(15)11-8(9)7-16-17-11;6-4-10-1-3(2-11-4)5(7,8)9;/h5-9,12-14H,3-4,10-11,15H2,1-2H3,(H,35,36);5-9,13,25H,3-4,10-12H2,1-2H3,(H,26,27);8-10H,6-7,11-13H2,1-5H3;5-7H,1-4H3,(H,16,17);1-2H;1H. The SMILES string of the molecule is CC1(C)OB(c2ccc(Cl)c3[nH]ncc23)OC1(C)C.CCc1cccc(CC)c1-n1nc2c(c1-c1ccc(Cl)c3[nH]ncc13)CN(c1ncc(C(F)(F)F)cn1)CC2.CCc1cccc(CC)c1-n1nc2c(c1-c1ccc(Cl)c3[nH]ncc13)CNCC2.CCc1cccc(CC)c1-n1nc2c(c1Br)CN(C(=O)OC(C)(C)C)CC2.Cl.FC(F)(F)c1cnc(Cl)nc1. The number of alkyl halides is 6. The molecule has 36 heteroatoms. The number of hydrogen-bond acceptors (Lipinski definition) is 16. The number of aromatic nitrogens is 16. The Bertz CT molecular complexity index is 6180. The van der Waals surface area contributed by atoms with Crippen LogP contribution in [0.15, 0.2) is 139 Å². The molecule has 0 radical (unpaired) electrons. The summed E-state index contributed by atoms with van der Waals surface area (Å²) in [5.74, 6) is 0.250. The largest absolute Gasteiger partial charge is 0.495 e. The first-order chi connectivity index (χ1) is 59.6. The van der Waals surface area contributed by atoms with Crippen molar-refractivity contribution in [2.24, 2.45) is 0 Å². The van der Waals surface area contributed by atoms with Crippen molar-refractivity contribution < 1.29 is 45.2 Å². The lowest BCUT2D eigenvalue weighted by molar-refractivity contribution is -0.138. The highest BCUT2D eigenvalue weighted by Gasteiger charge is 2.52. The third kappa shape index (κ3) is 19.4. The Kier molecular flexibility index (Phi) is 28.7. The third-order valence-corrected chi connectivity index (χ3v) is 25.0. The van der Waals surface area contributed by atoms with Crippen LogP contribution < -0.4 is 15.7 Å². The number of para-hydroxylation sites is 3. The number of ether oxygens (including phenoxy) is 1. The lowest BCUT2D eigenvalue weighted by Gasteiger charge is -2.32. The number of amides is 1. The third-order valence-electron chi connectivity index (χ3n) is 23.0. The number of fused-ring (bicyclic) bond motifs is 6. The Morgan fingerprint density at radius 1 is 0.508 bits per heavy atom. The van der Waals surface area contributed by atoms with E-state index in [0.717, 1.165) is 176 Å². The highest BCUT2D eigenvalue weighted by Crippen LogP contribution is 2.44. The monoisotopic (exact) mass is 1890 g/mol. The molecule has 0 spiro atoms. The van der Waals surface area contributed by atoms with E-state index in [4.69, 9.17) is 75.7 Å². The average Bonchev–Trinajstić information content (AvgIpc) is 1.59. The number of carbonyl (C=O) groups excluding carboxylic acids is 1. The molecule has 1 fully saturated rings. The Balaban J connectivity index is 0.000000141. The zero-order valence-electron chi connectivity index (χ0n) is 71.8. The van der Waals surface area contributed by atoms with Gasteiger partial charge in [0.1, 0.15) is 10.2 Å². The lowest BCUT2D eigenvalue weighted by Crippen LogP contribution is -2.41. The van der Waals surface area contributed by atoms with Gasteiger partial charge in [-0.05, 0) is 172 Å². The van der Waals surface area contributed by atoms with Crippen molar-refractivity contribution in [1.82, 2.24) is 90.1 Å². The van der Waals surface area contributed by atoms with Crippen LogP contribution in [0.4, 0.5) is 37.1 Å². The zero-order chi connectivity index (χ0) is 89.4. The normalized spacial score (nSPS) is 14.7. The molecule has 0 bridgehead atoms. The maximum absolute atomic E-state index is 13.1. The van der Waals surface area contributed by atoms with Gasteiger partial charge in [-0.2, -0.15) is 56.9 Å². The Labute approximate surface area is 760 Å². The number of hydrogen-bond donors (Lipinski definition) is 4. The van der Waals surface area contributed by atoms with Crippen LogP contribution in [-0.2, 0) is 104 Å². The molecular weight excluding hydrogens is 1790 g/mol. The van der Waals surface area contributed by atoms with Crippen LogP contribution in [0.5, 0.6) is 0 Å². The second-order valence-electron chi connectivity index (χ2n) is 32.5. The first-order valence-corrected chi connectivity index (χ1v) is 43.8. The minimum atomic E-state index is -4.49. The summed E-state index contributed by atoms with van der Waals surface area (Å²) in [5.41, 5.74) is 21.9. The molecular formula is C90H96BBrCl5F6N19O4. The van der Waals surface area contributed by atoms with Crippen molar-refractivity contribution in [3.63, 3.8) is 0 Å². The summed E-state index contributed by atoms with van der Waals surface area (Å²) >= 11 is 28.0. The van der Waals surface area contributed by atoms with Gasteiger partial charge in [0.2, 0.25) is 11.2 Å². The maximum Gasteiger partial charge on any atom is 0.495 e. The second kappa shape index (κ2) is 38.5. The summed E-state index contributed by atoms with van der Waals surface area (Å²) in [7, 11) is -0.401. The zero-order valence-corrected chi connectivity index (χ0v) is 77.2. The molecule has 18 rings (SSSR count). The molecule has 0 atom stereocenters. The van der Waals surface area contributed by atoms with Crippen molar-refractivity contribution in [2.75, 3.05) is 24.5 Å². The number of aromatic amines is 3. The van der Waals surface area contributed by atoms with E-state index in [9.17, 15) is 31.1 Å². The molecule has 0 aliphatic carbocycles. The van der Waals surface area contributed by atoms with E-state index in [2.05, 4.69) is 179 Å². The lowest BCUT2D eigenvalue weighted by atomic mass is 9.77. The number of nitrogens with one attached hydrogen (secondary N) is 4. The minimum Gasteiger partial charge on any atom is -0.444 e. The van der Waals surface area contributed by atoms with E-state index in [1.165, 1.54) is 50.3 Å². The van der Waals surface area contributed by atoms with E-state index in [1.54, 1.807) is 17.3 Å². The molecule has 126 heavy (non-hydrogen) atoms. The molecule has 8 aromatic heterocycles. The summed E-state index contributed by atoms with van der Waals surface area (Å²) in [6.45, 7) is 30.7. The van der Waals surface area contributed by atoms with Crippen LogP contribution in [0.1, 0.15) is 168 Å². The summed E-state index contributed by atoms with van der Waals surface area (Å²) in [4.78, 5) is 30.6. The number of H-pyrrole nitrogens is 3. The van der Waals surface area contributed by atoms with Gasteiger partial charge in [0.05, 0.1) is 125 Å². The van der Waals surface area contributed by atoms with Gasteiger partial charge in [-0.1, -0.05) is 149 Å². The van der Waals surface area contributed by atoms with Crippen LogP contribution in [0, 0.1) is 0 Å². The van der Waals surface area contributed by atoms with Crippen molar-refractivity contribution in [3.05, 3.63) is 238 Å². The Morgan fingerprint density at radius 3 is 1.36 bits per heavy atom. The summed E-state index contributed by atoms with van der Waals surface area (Å²) < 4.78 is 99.5. The molecule has 12 heterocycles.